The van der Waals surface area contributed by atoms with E-state index in [1.165, 1.54) is 11.1 Å². The van der Waals surface area contributed by atoms with Crippen LogP contribution in [0.5, 0.6) is 0 Å². The molecule has 0 spiro atoms. The number of benzene rings is 1. The first-order chi connectivity index (χ1) is 7.14. The zero-order valence-electron chi connectivity index (χ0n) is 8.90. The largest absolute Gasteiger partial charge is 0.396 e. The first-order valence-electron chi connectivity index (χ1n) is 5.51. The Hall–Kier alpha value is -0.860. The molecule has 0 radical (unpaired) electrons. The third kappa shape index (κ3) is 0.837. The molecule has 0 bridgehead atoms. The predicted molar refractivity (Wildman–Crippen MR) is 57.6 cm³/mol. The second-order valence-electron chi connectivity index (χ2n) is 5.20. The highest BCUT2D eigenvalue weighted by atomic mass is 16.3. The zero-order valence-corrected chi connectivity index (χ0v) is 8.90. The molecular weight excluding hydrogens is 188 g/mol. The smallest absolute Gasteiger partial charge is 0.0638 e. The van der Waals surface area contributed by atoms with E-state index < -0.39 is 0 Å². The van der Waals surface area contributed by atoms with E-state index in [4.69, 9.17) is 0 Å². The maximum atomic E-state index is 9.95. The fourth-order valence-corrected chi connectivity index (χ4v) is 3.60. The number of aliphatic hydroxyl groups excluding tert-OH is 2. The lowest BCUT2D eigenvalue weighted by molar-refractivity contribution is -0.151. The Morgan fingerprint density at radius 1 is 1.40 bits per heavy atom. The molecule has 2 N–H and O–H groups in total. The minimum atomic E-state index is -0.347. The summed E-state index contributed by atoms with van der Waals surface area (Å²) in [7, 11) is 0. The molecule has 1 aromatic rings. The second kappa shape index (κ2) is 2.63. The average molecular weight is 204 g/mol. The van der Waals surface area contributed by atoms with Crippen LogP contribution < -0.4 is 0 Å². The third-order valence-electron chi connectivity index (χ3n) is 4.74. The molecule has 0 heterocycles. The minimum Gasteiger partial charge on any atom is -0.396 e. The van der Waals surface area contributed by atoms with Crippen LogP contribution >= 0.6 is 0 Å². The van der Waals surface area contributed by atoms with Crippen molar-refractivity contribution < 1.29 is 10.2 Å². The molecule has 3 atom stereocenters. The highest BCUT2D eigenvalue weighted by molar-refractivity contribution is 5.47. The Morgan fingerprint density at radius 2 is 2.13 bits per heavy atom. The Morgan fingerprint density at radius 3 is 2.80 bits per heavy atom. The van der Waals surface area contributed by atoms with Crippen molar-refractivity contribution in [2.45, 2.75) is 31.3 Å². The van der Waals surface area contributed by atoms with Crippen molar-refractivity contribution in [1.29, 1.82) is 0 Å². The van der Waals surface area contributed by atoms with Gasteiger partial charge in [-0.1, -0.05) is 31.2 Å². The van der Waals surface area contributed by atoms with Crippen molar-refractivity contribution >= 4 is 0 Å². The number of aliphatic hydroxyl groups is 2. The molecule has 2 aliphatic rings. The van der Waals surface area contributed by atoms with Crippen LogP contribution in [0.25, 0.3) is 0 Å². The summed E-state index contributed by atoms with van der Waals surface area (Å²) in [6.07, 6.45) is 1.25. The summed E-state index contributed by atoms with van der Waals surface area (Å²) in [6, 6.07) is 8.33. The van der Waals surface area contributed by atoms with E-state index in [-0.39, 0.29) is 23.5 Å². The Labute approximate surface area is 89.6 Å². The summed E-state index contributed by atoms with van der Waals surface area (Å²) >= 11 is 0. The summed E-state index contributed by atoms with van der Waals surface area (Å²) in [5, 5.41) is 19.5. The van der Waals surface area contributed by atoms with Crippen LogP contribution in [0.4, 0.5) is 0 Å². The molecule has 0 aromatic heterocycles. The molecule has 15 heavy (non-hydrogen) atoms. The number of hydrogen-bond donors (Lipinski definition) is 2. The Balaban J connectivity index is 2.16. The van der Waals surface area contributed by atoms with Crippen molar-refractivity contribution in [2.75, 3.05) is 6.61 Å². The van der Waals surface area contributed by atoms with E-state index in [1.807, 2.05) is 12.1 Å². The zero-order chi connectivity index (χ0) is 10.7. The molecule has 1 saturated carbocycles. The predicted octanol–water partition coefficient (Wildman–Crippen LogP) is 1.24. The van der Waals surface area contributed by atoms with E-state index in [0.717, 1.165) is 12.8 Å². The molecule has 0 amide bonds. The van der Waals surface area contributed by atoms with Crippen molar-refractivity contribution in [3.8, 4) is 0 Å². The average Bonchev–Trinajstić information content (AvgIpc) is 2.45. The maximum Gasteiger partial charge on any atom is 0.0638 e. The lowest BCUT2D eigenvalue weighted by Gasteiger charge is -2.57. The standard InChI is InChI=1S/C13H16O2/c1-12-7-11(15)13(12,8-14)6-9-4-2-3-5-10(9)12/h2-5,11,14-15H,6-8H2,1H3. The van der Waals surface area contributed by atoms with Gasteiger partial charge in [-0.05, 0) is 24.0 Å². The fourth-order valence-electron chi connectivity index (χ4n) is 3.60. The van der Waals surface area contributed by atoms with Gasteiger partial charge in [-0.15, -0.1) is 0 Å². The van der Waals surface area contributed by atoms with E-state index in [9.17, 15) is 10.2 Å². The monoisotopic (exact) mass is 204 g/mol. The van der Waals surface area contributed by atoms with Crippen molar-refractivity contribution in [1.82, 2.24) is 0 Å². The van der Waals surface area contributed by atoms with Crippen LogP contribution in [0.1, 0.15) is 24.5 Å². The van der Waals surface area contributed by atoms with Gasteiger partial charge in [0.05, 0.1) is 12.7 Å². The van der Waals surface area contributed by atoms with Crippen LogP contribution in [0.3, 0.4) is 0 Å². The lowest BCUT2D eigenvalue weighted by atomic mass is 9.49. The summed E-state index contributed by atoms with van der Waals surface area (Å²) < 4.78 is 0. The van der Waals surface area contributed by atoms with E-state index in [0.29, 0.717) is 0 Å². The quantitative estimate of drug-likeness (QED) is 0.722. The fraction of sp³-hybridized carbons (Fsp3) is 0.538. The summed E-state index contributed by atoms with van der Waals surface area (Å²) in [5.74, 6) is 0. The SMILES string of the molecule is CC12CC(O)C1(CO)Cc1ccccc12. The van der Waals surface area contributed by atoms with Gasteiger partial charge in [0.2, 0.25) is 0 Å². The van der Waals surface area contributed by atoms with Gasteiger partial charge in [0.15, 0.2) is 0 Å². The number of rotatable bonds is 1. The number of hydrogen-bond acceptors (Lipinski definition) is 2. The van der Waals surface area contributed by atoms with Gasteiger partial charge in [0.25, 0.3) is 0 Å². The molecule has 3 rings (SSSR count). The van der Waals surface area contributed by atoms with Gasteiger partial charge in [0, 0.05) is 10.8 Å². The molecular formula is C13H16O2. The summed E-state index contributed by atoms with van der Waals surface area (Å²) in [5.41, 5.74) is 2.30. The van der Waals surface area contributed by atoms with Crippen LogP contribution in [0.15, 0.2) is 24.3 Å². The first kappa shape index (κ1) is 9.37. The molecule has 2 nitrogen and oxygen atoms in total. The van der Waals surface area contributed by atoms with Gasteiger partial charge >= 0.3 is 0 Å². The number of fused-ring (bicyclic) bond motifs is 3. The van der Waals surface area contributed by atoms with Crippen molar-refractivity contribution in [3.63, 3.8) is 0 Å². The van der Waals surface area contributed by atoms with E-state index in [1.54, 1.807) is 0 Å². The van der Waals surface area contributed by atoms with Gasteiger partial charge in [-0.25, -0.2) is 0 Å². The van der Waals surface area contributed by atoms with Crippen LogP contribution in [0, 0.1) is 5.41 Å². The van der Waals surface area contributed by atoms with Gasteiger partial charge in [-0.2, -0.15) is 0 Å². The van der Waals surface area contributed by atoms with Gasteiger partial charge in [-0.3, -0.25) is 0 Å². The molecule has 0 saturated heterocycles. The molecule has 1 fully saturated rings. The third-order valence-corrected chi connectivity index (χ3v) is 4.74. The molecule has 2 heteroatoms. The second-order valence-corrected chi connectivity index (χ2v) is 5.20. The highest BCUT2D eigenvalue weighted by Crippen LogP contribution is 2.64. The van der Waals surface area contributed by atoms with Gasteiger partial charge in [0.1, 0.15) is 0 Å². The summed E-state index contributed by atoms with van der Waals surface area (Å²) in [4.78, 5) is 0. The molecule has 0 aliphatic heterocycles. The van der Waals surface area contributed by atoms with Crippen molar-refractivity contribution in [3.05, 3.63) is 35.4 Å². The summed E-state index contributed by atoms with van der Waals surface area (Å²) in [6.45, 7) is 2.25. The normalized spacial score (nSPS) is 41.9. The lowest BCUT2D eigenvalue weighted by Crippen LogP contribution is -2.63. The van der Waals surface area contributed by atoms with E-state index >= 15 is 0 Å². The Bertz CT molecular complexity index is 415. The van der Waals surface area contributed by atoms with E-state index in [2.05, 4.69) is 19.1 Å². The maximum absolute atomic E-state index is 9.95. The topological polar surface area (TPSA) is 40.5 Å². The molecule has 1 aromatic carbocycles. The Kier molecular flexibility index (Phi) is 1.64. The minimum absolute atomic E-state index is 0.0161. The molecule has 80 valence electrons. The molecule has 2 aliphatic carbocycles. The van der Waals surface area contributed by atoms with Crippen LogP contribution in [-0.4, -0.2) is 22.9 Å². The molecule has 3 unspecified atom stereocenters. The first-order valence-corrected chi connectivity index (χ1v) is 5.51. The van der Waals surface area contributed by atoms with Gasteiger partial charge < -0.3 is 10.2 Å². The van der Waals surface area contributed by atoms with Crippen molar-refractivity contribution in [2.24, 2.45) is 5.41 Å². The van der Waals surface area contributed by atoms with Crippen LogP contribution in [0.2, 0.25) is 0 Å². The van der Waals surface area contributed by atoms with Crippen LogP contribution in [-0.2, 0) is 11.8 Å². The highest BCUT2D eigenvalue weighted by Gasteiger charge is 2.66.